The summed E-state index contributed by atoms with van der Waals surface area (Å²) < 4.78 is 168. The molecule has 0 atom stereocenters. The monoisotopic (exact) mass is 466 g/mol. The number of halogens is 12. The van der Waals surface area contributed by atoms with Gasteiger partial charge < -0.3 is 9.47 Å². The number of methoxy groups -OCH3 is 2. The number of esters is 2. The number of hydrogen-bond donors (Lipinski definition) is 0. The van der Waals surface area contributed by atoms with Crippen LogP contribution in [0.25, 0.3) is 0 Å². The average Bonchev–Trinajstić information content (AvgIpc) is 2.54. The maximum Gasteiger partial charge on any atom is 0.417 e. The third kappa shape index (κ3) is 4.56. The molecule has 0 unspecified atom stereocenters. The molecule has 0 saturated carbocycles. The SMILES string of the molecule is COC(=O)c1c(C(F)(F)F)c(C(F)(F)F)c(C(=O)OC)c(C(F)(F)F)c1C(F)(F)F. The molecule has 0 N–H and O–H groups in total. The van der Waals surface area contributed by atoms with Crippen molar-refractivity contribution in [1.29, 1.82) is 0 Å². The summed E-state index contributed by atoms with van der Waals surface area (Å²) in [5, 5.41) is 0. The van der Waals surface area contributed by atoms with Crippen LogP contribution < -0.4 is 0 Å². The number of alkyl halides is 12. The Labute approximate surface area is 157 Å². The molecular formula is C14H6F12O4. The number of ether oxygens (including phenoxy) is 2. The molecule has 16 heteroatoms. The summed E-state index contributed by atoms with van der Waals surface area (Å²) in [5.74, 6) is -5.61. The minimum absolute atomic E-state index is 0.122. The molecule has 0 saturated heterocycles. The van der Waals surface area contributed by atoms with Gasteiger partial charge in [0.25, 0.3) is 0 Å². The van der Waals surface area contributed by atoms with Crippen molar-refractivity contribution >= 4 is 11.9 Å². The fraction of sp³-hybridized carbons (Fsp3) is 0.429. The van der Waals surface area contributed by atoms with Crippen LogP contribution >= 0.6 is 0 Å². The van der Waals surface area contributed by atoms with Gasteiger partial charge >= 0.3 is 36.6 Å². The molecule has 0 aliphatic rings. The molecular weight excluding hydrogens is 460 g/mol. The van der Waals surface area contributed by atoms with E-state index in [1.165, 1.54) is 0 Å². The summed E-state index contributed by atoms with van der Waals surface area (Å²) in [6, 6.07) is 0. The molecule has 0 aliphatic heterocycles. The lowest BCUT2D eigenvalue weighted by atomic mass is 9.84. The quantitative estimate of drug-likeness (QED) is 0.437. The van der Waals surface area contributed by atoms with Crippen LogP contribution in [0.4, 0.5) is 52.7 Å². The van der Waals surface area contributed by atoms with E-state index in [9.17, 15) is 62.3 Å². The molecule has 1 aromatic rings. The van der Waals surface area contributed by atoms with Gasteiger partial charge in [0, 0.05) is 0 Å². The zero-order valence-corrected chi connectivity index (χ0v) is 14.2. The van der Waals surface area contributed by atoms with Crippen molar-refractivity contribution in [3.63, 3.8) is 0 Å². The highest BCUT2D eigenvalue weighted by Gasteiger charge is 2.58. The van der Waals surface area contributed by atoms with Crippen molar-refractivity contribution in [2.24, 2.45) is 0 Å². The van der Waals surface area contributed by atoms with Gasteiger partial charge in [0.2, 0.25) is 0 Å². The minimum Gasteiger partial charge on any atom is -0.465 e. The lowest BCUT2D eigenvalue weighted by Crippen LogP contribution is -2.33. The second-order valence-corrected chi connectivity index (χ2v) is 5.22. The molecule has 4 nitrogen and oxygen atoms in total. The minimum atomic E-state index is -6.48. The van der Waals surface area contributed by atoms with E-state index < -0.39 is 70.0 Å². The van der Waals surface area contributed by atoms with Crippen molar-refractivity contribution in [2.45, 2.75) is 24.7 Å². The molecule has 0 aromatic heterocycles. The Balaban J connectivity index is 4.78. The summed E-state index contributed by atoms with van der Waals surface area (Å²) in [4.78, 5) is 23.2. The van der Waals surface area contributed by atoms with E-state index in [1.807, 2.05) is 0 Å². The summed E-state index contributed by atoms with van der Waals surface area (Å²) in [5.41, 5.74) is -20.1. The first-order chi connectivity index (χ1) is 13.2. The first kappa shape index (κ1) is 25.4. The maximum absolute atomic E-state index is 13.4. The molecule has 0 fully saturated rings. The van der Waals surface area contributed by atoms with Crippen LogP contribution in [0, 0.1) is 0 Å². The average molecular weight is 466 g/mol. The van der Waals surface area contributed by atoms with Crippen molar-refractivity contribution in [3.05, 3.63) is 33.4 Å². The van der Waals surface area contributed by atoms with Gasteiger partial charge in [-0.15, -0.1) is 0 Å². The predicted octanol–water partition coefficient (Wildman–Crippen LogP) is 5.34. The van der Waals surface area contributed by atoms with Gasteiger partial charge in [-0.3, -0.25) is 0 Å². The number of carbonyl (C=O) groups is 2. The molecule has 0 heterocycles. The van der Waals surface area contributed by atoms with E-state index in [2.05, 4.69) is 9.47 Å². The Morgan fingerprint density at radius 3 is 0.767 bits per heavy atom. The largest absolute Gasteiger partial charge is 0.465 e. The van der Waals surface area contributed by atoms with Crippen molar-refractivity contribution in [2.75, 3.05) is 14.2 Å². The van der Waals surface area contributed by atoms with Crippen LogP contribution in [0.3, 0.4) is 0 Å². The van der Waals surface area contributed by atoms with E-state index in [-0.39, 0.29) is 14.2 Å². The van der Waals surface area contributed by atoms with E-state index in [4.69, 9.17) is 0 Å². The standard InChI is InChI=1S/C14H6F12O4/c1-29-9(27)3-5(11(15,16)17)7(13(21,22)23)4(10(28)30-2)8(14(24,25)26)6(3)12(18,19)20/h1-2H3. The molecule has 170 valence electrons. The van der Waals surface area contributed by atoms with Gasteiger partial charge in [-0.25, -0.2) is 9.59 Å². The van der Waals surface area contributed by atoms with Crippen LogP contribution in [-0.4, -0.2) is 26.2 Å². The van der Waals surface area contributed by atoms with E-state index >= 15 is 0 Å². The van der Waals surface area contributed by atoms with Crippen LogP contribution in [0.1, 0.15) is 43.0 Å². The van der Waals surface area contributed by atoms with Gasteiger partial charge in [0.15, 0.2) is 0 Å². The maximum atomic E-state index is 13.4. The van der Waals surface area contributed by atoms with E-state index in [0.717, 1.165) is 0 Å². The smallest absolute Gasteiger partial charge is 0.417 e. The Kier molecular flexibility index (Phi) is 6.37. The van der Waals surface area contributed by atoms with Gasteiger partial charge in [0.1, 0.15) is 0 Å². The van der Waals surface area contributed by atoms with E-state index in [0.29, 0.717) is 0 Å². The first-order valence-electron chi connectivity index (χ1n) is 6.90. The third-order valence-corrected chi connectivity index (χ3v) is 3.41. The lowest BCUT2D eigenvalue weighted by molar-refractivity contribution is -0.172. The highest BCUT2D eigenvalue weighted by atomic mass is 19.4. The van der Waals surface area contributed by atoms with Crippen LogP contribution in [0.5, 0.6) is 0 Å². The Hall–Kier alpha value is -2.68. The molecule has 1 rings (SSSR count). The molecule has 30 heavy (non-hydrogen) atoms. The molecule has 0 spiro atoms. The second kappa shape index (κ2) is 7.54. The molecule has 1 aromatic carbocycles. The van der Waals surface area contributed by atoms with Crippen LogP contribution in [-0.2, 0) is 34.2 Å². The number of hydrogen-bond acceptors (Lipinski definition) is 4. The number of rotatable bonds is 2. The van der Waals surface area contributed by atoms with Gasteiger partial charge in [0.05, 0.1) is 47.6 Å². The van der Waals surface area contributed by atoms with Crippen LogP contribution in [0.15, 0.2) is 0 Å². The number of carbonyl (C=O) groups excluding carboxylic acids is 2. The van der Waals surface area contributed by atoms with Crippen molar-refractivity contribution in [3.8, 4) is 0 Å². The highest BCUT2D eigenvalue weighted by Crippen LogP contribution is 2.53. The third-order valence-electron chi connectivity index (χ3n) is 3.41. The summed E-state index contributed by atoms with van der Waals surface area (Å²) >= 11 is 0. The molecule has 0 radical (unpaired) electrons. The topological polar surface area (TPSA) is 52.6 Å². The van der Waals surface area contributed by atoms with Crippen molar-refractivity contribution < 1.29 is 71.7 Å². The fourth-order valence-corrected chi connectivity index (χ4v) is 2.50. The summed E-state index contributed by atoms with van der Waals surface area (Å²) in [7, 11) is 0.245. The Morgan fingerprint density at radius 2 is 0.667 bits per heavy atom. The second-order valence-electron chi connectivity index (χ2n) is 5.22. The normalized spacial score (nSPS) is 13.3. The fourth-order valence-electron chi connectivity index (χ4n) is 2.50. The number of benzene rings is 1. The van der Waals surface area contributed by atoms with Gasteiger partial charge in [-0.05, 0) is 0 Å². The summed E-state index contributed by atoms with van der Waals surface area (Å²) in [6.45, 7) is 0. The summed E-state index contributed by atoms with van der Waals surface area (Å²) in [6.07, 6.45) is -25.9. The highest BCUT2D eigenvalue weighted by molar-refractivity contribution is 6.00. The zero-order chi connectivity index (χ0) is 24.0. The Morgan fingerprint density at radius 1 is 0.500 bits per heavy atom. The Bertz CT molecular complexity index is 734. The molecule has 0 aliphatic carbocycles. The van der Waals surface area contributed by atoms with E-state index in [1.54, 1.807) is 0 Å². The molecule has 0 bridgehead atoms. The predicted molar refractivity (Wildman–Crippen MR) is 69.1 cm³/mol. The van der Waals surface area contributed by atoms with Gasteiger partial charge in [-0.2, -0.15) is 52.7 Å². The zero-order valence-electron chi connectivity index (χ0n) is 14.2. The van der Waals surface area contributed by atoms with Crippen LogP contribution in [0.2, 0.25) is 0 Å². The molecule has 0 amide bonds. The van der Waals surface area contributed by atoms with Gasteiger partial charge in [-0.1, -0.05) is 0 Å². The first-order valence-corrected chi connectivity index (χ1v) is 6.90. The van der Waals surface area contributed by atoms with Crippen molar-refractivity contribution in [1.82, 2.24) is 0 Å². The lowest BCUT2D eigenvalue weighted by Gasteiger charge is -2.28.